The number of carbonyl (C=O) groups is 1. The Labute approximate surface area is 225 Å². The largest absolute Gasteiger partial charge is 0.454 e. The Morgan fingerprint density at radius 1 is 1.05 bits per heavy atom. The minimum absolute atomic E-state index is 0.0206. The maximum absolute atomic E-state index is 13.7. The lowest BCUT2D eigenvalue weighted by atomic mass is 10.00. The van der Waals surface area contributed by atoms with Crippen LogP contribution >= 0.6 is 11.3 Å². The monoisotopic (exact) mass is 535 g/mol. The highest BCUT2D eigenvalue weighted by atomic mass is 32.1. The molecule has 4 atom stereocenters. The Kier molecular flexibility index (Phi) is 6.54. The molecule has 3 fully saturated rings. The van der Waals surface area contributed by atoms with E-state index in [1.807, 2.05) is 24.3 Å². The first kappa shape index (κ1) is 24.1. The summed E-state index contributed by atoms with van der Waals surface area (Å²) >= 11 is 1.61. The second-order valence-corrected chi connectivity index (χ2v) is 11.4. The van der Waals surface area contributed by atoms with Gasteiger partial charge in [0.25, 0.3) is 0 Å². The van der Waals surface area contributed by atoms with E-state index in [1.165, 1.54) is 0 Å². The maximum Gasteiger partial charge on any atom is 0.235 e. The summed E-state index contributed by atoms with van der Waals surface area (Å²) in [6.45, 7) is 5.62. The third-order valence-electron chi connectivity index (χ3n) is 7.92. The summed E-state index contributed by atoms with van der Waals surface area (Å²) in [5.41, 5.74) is 2.08. The topological polar surface area (TPSA) is 103 Å². The average Bonchev–Trinajstić information content (AvgIpc) is 3.60. The van der Waals surface area contributed by atoms with Crippen LogP contribution in [0.3, 0.4) is 0 Å². The number of nitrogens with one attached hydrogen (secondary N) is 4. The van der Waals surface area contributed by atoms with Gasteiger partial charge in [0, 0.05) is 50.5 Å². The first-order chi connectivity index (χ1) is 18.7. The van der Waals surface area contributed by atoms with Crippen LogP contribution in [0.5, 0.6) is 11.5 Å². The molecule has 2 aromatic carbocycles. The van der Waals surface area contributed by atoms with Crippen LogP contribution in [0.1, 0.15) is 23.8 Å². The smallest absolute Gasteiger partial charge is 0.235 e. The predicted molar refractivity (Wildman–Crippen MR) is 147 cm³/mol. The summed E-state index contributed by atoms with van der Waals surface area (Å²) in [7, 11) is 0. The lowest BCUT2D eigenvalue weighted by Crippen LogP contribution is -2.72. The molecule has 0 saturated carbocycles. The zero-order valence-electron chi connectivity index (χ0n) is 21.2. The van der Waals surface area contributed by atoms with Gasteiger partial charge in [-0.3, -0.25) is 20.3 Å². The summed E-state index contributed by atoms with van der Waals surface area (Å²) in [6, 6.07) is 14.5. The van der Waals surface area contributed by atoms with Crippen molar-refractivity contribution in [2.45, 2.75) is 37.3 Å². The number of piperazine rings is 1. The van der Waals surface area contributed by atoms with Crippen LogP contribution in [0, 0.1) is 0 Å². The molecule has 38 heavy (non-hydrogen) atoms. The summed E-state index contributed by atoms with van der Waals surface area (Å²) in [5, 5.41) is 15.1. The lowest BCUT2D eigenvalue weighted by Gasteiger charge is -2.46. The SMILES string of the molecule is O=C1NC(N2CCN(c3ccc4c(c3)OCO4)CC2)NC(N[C@@H]2CCCNC2)C1c1nc2ccccc2s1. The van der Waals surface area contributed by atoms with Crippen molar-refractivity contribution in [1.82, 2.24) is 31.2 Å². The minimum atomic E-state index is -0.388. The molecule has 4 aliphatic heterocycles. The molecule has 0 bridgehead atoms. The van der Waals surface area contributed by atoms with Gasteiger partial charge in [-0.05, 0) is 43.7 Å². The standard InChI is InChI=1S/C27H33N7O3S/c35-25-23(26-30-19-5-1-2-6-22(19)38-26)24(29-17-4-3-9-28-15-17)31-27(32-25)34-12-10-33(11-13-34)18-7-8-20-21(14-18)37-16-36-20/h1-2,5-8,14,17,23-24,27-29,31H,3-4,9-13,15-16H2,(H,32,35)/t17-,23?,24?,27?/m1/s1. The van der Waals surface area contributed by atoms with E-state index in [2.05, 4.69) is 49.3 Å². The van der Waals surface area contributed by atoms with Crippen molar-refractivity contribution in [1.29, 1.82) is 0 Å². The van der Waals surface area contributed by atoms with Gasteiger partial charge < -0.3 is 25.0 Å². The Morgan fingerprint density at radius 3 is 2.76 bits per heavy atom. The van der Waals surface area contributed by atoms with Gasteiger partial charge in [-0.2, -0.15) is 0 Å². The number of aromatic nitrogens is 1. The van der Waals surface area contributed by atoms with Gasteiger partial charge in [0.15, 0.2) is 11.5 Å². The molecule has 11 heteroatoms. The number of benzene rings is 2. The molecule has 10 nitrogen and oxygen atoms in total. The Hall–Kier alpha value is -2.96. The van der Waals surface area contributed by atoms with E-state index < -0.39 is 0 Å². The number of ether oxygens (including phenoxy) is 2. The maximum atomic E-state index is 13.7. The summed E-state index contributed by atoms with van der Waals surface area (Å²) < 4.78 is 12.1. The van der Waals surface area contributed by atoms with E-state index in [1.54, 1.807) is 11.3 Å². The molecular weight excluding hydrogens is 502 g/mol. The highest BCUT2D eigenvalue weighted by Crippen LogP contribution is 2.36. The summed E-state index contributed by atoms with van der Waals surface area (Å²) in [6.07, 6.45) is 1.79. The van der Waals surface area contributed by atoms with Gasteiger partial charge in [-0.1, -0.05) is 12.1 Å². The number of thiazole rings is 1. The van der Waals surface area contributed by atoms with Gasteiger partial charge in [-0.15, -0.1) is 11.3 Å². The fraction of sp³-hybridized carbons (Fsp3) is 0.481. The fourth-order valence-corrected chi connectivity index (χ4v) is 6.98. The van der Waals surface area contributed by atoms with Gasteiger partial charge in [0.1, 0.15) is 17.2 Å². The predicted octanol–water partition coefficient (Wildman–Crippen LogP) is 1.60. The number of rotatable bonds is 5. The van der Waals surface area contributed by atoms with Crippen LogP contribution in [0.25, 0.3) is 10.2 Å². The zero-order valence-corrected chi connectivity index (χ0v) is 22.0. The number of amides is 1. The zero-order chi connectivity index (χ0) is 25.5. The fourth-order valence-electron chi connectivity index (χ4n) is 5.87. The van der Waals surface area contributed by atoms with E-state index in [9.17, 15) is 4.79 Å². The van der Waals surface area contributed by atoms with Gasteiger partial charge >= 0.3 is 0 Å². The van der Waals surface area contributed by atoms with Crippen molar-refractivity contribution in [3.05, 3.63) is 47.5 Å². The van der Waals surface area contributed by atoms with Gasteiger partial charge in [0.05, 0.1) is 16.4 Å². The summed E-state index contributed by atoms with van der Waals surface area (Å²) in [4.78, 5) is 23.2. The average molecular weight is 536 g/mol. The third kappa shape index (κ3) is 4.69. The van der Waals surface area contributed by atoms with Crippen molar-refractivity contribution in [3.63, 3.8) is 0 Å². The molecule has 200 valence electrons. The molecule has 0 spiro atoms. The van der Waals surface area contributed by atoms with Crippen LogP contribution < -0.4 is 35.6 Å². The first-order valence-electron chi connectivity index (χ1n) is 13.5. The number of fused-ring (bicyclic) bond motifs is 2. The molecule has 5 heterocycles. The van der Waals surface area contributed by atoms with E-state index in [0.717, 1.165) is 84.5 Å². The Bertz CT molecular complexity index is 1270. The number of anilines is 1. The lowest BCUT2D eigenvalue weighted by molar-refractivity contribution is -0.129. The van der Waals surface area contributed by atoms with Crippen LogP contribution in [0.15, 0.2) is 42.5 Å². The minimum Gasteiger partial charge on any atom is -0.454 e. The van der Waals surface area contributed by atoms with Gasteiger partial charge in [-0.25, -0.2) is 4.98 Å². The molecular formula is C27H33N7O3S. The van der Waals surface area contributed by atoms with Crippen LogP contribution in [-0.2, 0) is 4.79 Å². The highest BCUT2D eigenvalue weighted by Gasteiger charge is 2.42. The highest BCUT2D eigenvalue weighted by molar-refractivity contribution is 7.18. The van der Waals surface area contributed by atoms with Crippen LogP contribution in [-0.4, -0.2) is 80.3 Å². The number of para-hydroxylation sites is 1. The Balaban J connectivity index is 1.07. The molecule has 7 rings (SSSR count). The number of hydrogen-bond acceptors (Lipinski definition) is 10. The number of carbonyl (C=O) groups excluding carboxylic acids is 1. The molecule has 0 radical (unpaired) electrons. The third-order valence-corrected chi connectivity index (χ3v) is 9.04. The van der Waals surface area contributed by atoms with E-state index in [0.29, 0.717) is 6.04 Å². The Morgan fingerprint density at radius 2 is 1.92 bits per heavy atom. The number of piperidine rings is 1. The summed E-state index contributed by atoms with van der Waals surface area (Å²) in [5.74, 6) is 1.24. The van der Waals surface area contributed by atoms with Crippen LogP contribution in [0.2, 0.25) is 0 Å². The quantitative estimate of drug-likeness (QED) is 0.388. The first-order valence-corrected chi connectivity index (χ1v) is 14.3. The number of nitrogens with zero attached hydrogens (tertiary/aromatic N) is 3. The van der Waals surface area contributed by atoms with E-state index in [-0.39, 0.29) is 31.1 Å². The second-order valence-electron chi connectivity index (χ2n) is 10.3. The molecule has 4 aliphatic rings. The van der Waals surface area contributed by atoms with E-state index >= 15 is 0 Å². The molecule has 0 aliphatic carbocycles. The molecule has 4 N–H and O–H groups in total. The van der Waals surface area contributed by atoms with E-state index in [4.69, 9.17) is 14.5 Å². The van der Waals surface area contributed by atoms with Crippen molar-refractivity contribution in [3.8, 4) is 11.5 Å². The molecule has 1 aromatic heterocycles. The number of hydrogen-bond donors (Lipinski definition) is 4. The second kappa shape index (κ2) is 10.3. The van der Waals surface area contributed by atoms with Gasteiger partial charge in [0.2, 0.25) is 12.7 Å². The van der Waals surface area contributed by atoms with Crippen molar-refractivity contribution in [2.75, 3.05) is 51.0 Å². The van der Waals surface area contributed by atoms with Crippen molar-refractivity contribution >= 4 is 33.1 Å². The molecule has 3 unspecified atom stereocenters. The molecule has 3 saturated heterocycles. The molecule has 3 aromatic rings. The van der Waals surface area contributed by atoms with Crippen molar-refractivity contribution in [2.24, 2.45) is 0 Å². The normalized spacial score (nSPS) is 28.0. The van der Waals surface area contributed by atoms with Crippen LogP contribution in [0.4, 0.5) is 5.69 Å². The van der Waals surface area contributed by atoms with Crippen molar-refractivity contribution < 1.29 is 14.3 Å². The molecule has 1 amide bonds.